The highest BCUT2D eigenvalue weighted by Gasteiger charge is 2.30. The Morgan fingerprint density at radius 2 is 2.12 bits per heavy atom. The highest BCUT2D eigenvalue weighted by Crippen LogP contribution is 2.34. The minimum absolute atomic E-state index is 0.0671. The second kappa shape index (κ2) is 3.61. The SMILES string of the molecule is CCc1cccc2c3c([nH]c12)C(C)(C)NCC3. The van der Waals surface area contributed by atoms with Gasteiger partial charge >= 0.3 is 0 Å². The van der Waals surface area contributed by atoms with Crippen LogP contribution in [0.2, 0.25) is 0 Å². The van der Waals surface area contributed by atoms with E-state index in [1.54, 1.807) is 0 Å². The monoisotopic (exact) mass is 228 g/mol. The Bertz CT molecular complexity index is 564. The third-order valence-electron chi connectivity index (χ3n) is 3.98. The highest BCUT2D eigenvalue weighted by atomic mass is 15.0. The van der Waals surface area contributed by atoms with Gasteiger partial charge in [0.05, 0.1) is 5.54 Å². The smallest absolute Gasteiger partial charge is 0.0532 e. The average molecular weight is 228 g/mol. The normalized spacial score (nSPS) is 18.3. The van der Waals surface area contributed by atoms with Crippen molar-refractivity contribution in [1.29, 1.82) is 0 Å². The van der Waals surface area contributed by atoms with E-state index < -0.39 is 0 Å². The van der Waals surface area contributed by atoms with Gasteiger partial charge in [-0.2, -0.15) is 0 Å². The molecule has 1 aromatic heterocycles. The lowest BCUT2D eigenvalue weighted by molar-refractivity contribution is 0.374. The summed E-state index contributed by atoms with van der Waals surface area (Å²) < 4.78 is 0. The molecule has 3 rings (SSSR count). The summed E-state index contributed by atoms with van der Waals surface area (Å²) in [5, 5.41) is 5.01. The summed E-state index contributed by atoms with van der Waals surface area (Å²) in [6.45, 7) is 7.80. The Morgan fingerprint density at radius 1 is 1.29 bits per heavy atom. The van der Waals surface area contributed by atoms with Crippen molar-refractivity contribution in [2.24, 2.45) is 0 Å². The van der Waals surface area contributed by atoms with Crippen molar-refractivity contribution in [1.82, 2.24) is 10.3 Å². The van der Waals surface area contributed by atoms with Gasteiger partial charge in [0.15, 0.2) is 0 Å². The molecule has 0 spiro atoms. The highest BCUT2D eigenvalue weighted by molar-refractivity contribution is 5.88. The van der Waals surface area contributed by atoms with Crippen LogP contribution in [0.15, 0.2) is 18.2 Å². The summed E-state index contributed by atoms with van der Waals surface area (Å²) in [5.41, 5.74) is 5.72. The molecule has 1 aromatic carbocycles. The zero-order valence-electron chi connectivity index (χ0n) is 10.9. The van der Waals surface area contributed by atoms with Gasteiger partial charge in [-0.05, 0) is 37.8 Å². The van der Waals surface area contributed by atoms with Gasteiger partial charge in [0, 0.05) is 23.1 Å². The zero-order chi connectivity index (χ0) is 12.0. The van der Waals surface area contributed by atoms with E-state index in [2.05, 4.69) is 49.3 Å². The van der Waals surface area contributed by atoms with Gasteiger partial charge in [-0.15, -0.1) is 0 Å². The fourth-order valence-corrected chi connectivity index (χ4v) is 3.01. The van der Waals surface area contributed by atoms with Gasteiger partial charge in [0.1, 0.15) is 0 Å². The standard InChI is InChI=1S/C15H20N2/c1-4-10-6-5-7-11-12-8-9-16-15(2,3)14(12)17-13(10)11/h5-7,16-17H,4,8-9H2,1-3H3. The lowest BCUT2D eigenvalue weighted by Crippen LogP contribution is -2.42. The van der Waals surface area contributed by atoms with E-state index in [1.165, 1.54) is 27.7 Å². The summed E-state index contributed by atoms with van der Waals surface area (Å²) in [7, 11) is 0. The lowest BCUT2D eigenvalue weighted by atomic mass is 9.90. The van der Waals surface area contributed by atoms with Gasteiger partial charge in [-0.3, -0.25) is 0 Å². The predicted octanol–water partition coefficient (Wildman–Crippen LogP) is 3.11. The zero-order valence-corrected chi connectivity index (χ0v) is 10.9. The van der Waals surface area contributed by atoms with Crippen molar-refractivity contribution in [3.63, 3.8) is 0 Å². The van der Waals surface area contributed by atoms with Crippen LogP contribution in [0.3, 0.4) is 0 Å². The fourth-order valence-electron chi connectivity index (χ4n) is 3.01. The van der Waals surface area contributed by atoms with Crippen LogP contribution >= 0.6 is 0 Å². The van der Waals surface area contributed by atoms with Gasteiger partial charge in [0.2, 0.25) is 0 Å². The Hall–Kier alpha value is -1.28. The third-order valence-corrected chi connectivity index (χ3v) is 3.98. The molecule has 2 aromatic rings. The first-order chi connectivity index (χ1) is 8.13. The Morgan fingerprint density at radius 3 is 2.88 bits per heavy atom. The summed E-state index contributed by atoms with van der Waals surface area (Å²) >= 11 is 0. The molecule has 0 unspecified atom stereocenters. The number of aromatic nitrogens is 1. The molecule has 0 saturated carbocycles. The number of benzene rings is 1. The number of hydrogen-bond acceptors (Lipinski definition) is 1. The molecule has 0 amide bonds. The molecule has 90 valence electrons. The second-order valence-corrected chi connectivity index (χ2v) is 5.47. The Kier molecular flexibility index (Phi) is 2.30. The molecule has 0 aliphatic carbocycles. The molecule has 0 bridgehead atoms. The molecule has 2 heteroatoms. The molecule has 1 aliphatic rings. The van der Waals surface area contributed by atoms with Crippen molar-refractivity contribution >= 4 is 10.9 Å². The number of aryl methyl sites for hydroxylation is 1. The van der Waals surface area contributed by atoms with E-state index in [1.807, 2.05) is 0 Å². The van der Waals surface area contributed by atoms with Crippen molar-refractivity contribution < 1.29 is 0 Å². The second-order valence-electron chi connectivity index (χ2n) is 5.47. The van der Waals surface area contributed by atoms with Crippen molar-refractivity contribution in [2.75, 3.05) is 6.54 Å². The summed E-state index contributed by atoms with van der Waals surface area (Å²) in [5.74, 6) is 0. The molecular weight excluding hydrogens is 208 g/mol. The number of hydrogen-bond donors (Lipinski definition) is 2. The number of nitrogens with one attached hydrogen (secondary N) is 2. The molecule has 1 aliphatic heterocycles. The van der Waals surface area contributed by atoms with E-state index in [4.69, 9.17) is 0 Å². The molecule has 0 atom stereocenters. The van der Waals surface area contributed by atoms with E-state index in [0.717, 1.165) is 19.4 Å². The summed E-state index contributed by atoms with van der Waals surface area (Å²) in [6.07, 6.45) is 2.22. The number of aromatic amines is 1. The van der Waals surface area contributed by atoms with Crippen molar-refractivity contribution in [2.45, 2.75) is 39.2 Å². The average Bonchev–Trinajstić information content (AvgIpc) is 2.69. The minimum atomic E-state index is 0.0671. The molecule has 0 saturated heterocycles. The van der Waals surface area contributed by atoms with Gasteiger partial charge < -0.3 is 10.3 Å². The molecule has 2 N–H and O–H groups in total. The summed E-state index contributed by atoms with van der Waals surface area (Å²) in [6, 6.07) is 6.67. The van der Waals surface area contributed by atoms with Crippen LogP contribution in [0.5, 0.6) is 0 Å². The van der Waals surface area contributed by atoms with Crippen LogP contribution in [0, 0.1) is 0 Å². The minimum Gasteiger partial charge on any atom is -0.356 e. The molecule has 0 fully saturated rings. The largest absolute Gasteiger partial charge is 0.356 e. The number of H-pyrrole nitrogens is 1. The first kappa shape index (κ1) is 10.8. The summed E-state index contributed by atoms with van der Waals surface area (Å²) in [4.78, 5) is 3.66. The van der Waals surface area contributed by atoms with Crippen LogP contribution in [0.4, 0.5) is 0 Å². The van der Waals surface area contributed by atoms with E-state index in [-0.39, 0.29) is 5.54 Å². The van der Waals surface area contributed by atoms with Gasteiger partial charge in [-0.25, -0.2) is 0 Å². The molecule has 0 radical (unpaired) electrons. The van der Waals surface area contributed by atoms with Crippen molar-refractivity contribution in [3.05, 3.63) is 35.0 Å². The van der Waals surface area contributed by atoms with Gasteiger partial charge in [-0.1, -0.05) is 25.1 Å². The van der Waals surface area contributed by atoms with Crippen LogP contribution in [0.25, 0.3) is 10.9 Å². The van der Waals surface area contributed by atoms with Crippen LogP contribution in [-0.2, 0) is 18.4 Å². The maximum atomic E-state index is 3.66. The molecular formula is C15H20N2. The van der Waals surface area contributed by atoms with Crippen LogP contribution in [0.1, 0.15) is 37.6 Å². The molecule has 17 heavy (non-hydrogen) atoms. The lowest BCUT2D eigenvalue weighted by Gasteiger charge is -2.31. The predicted molar refractivity (Wildman–Crippen MR) is 72.4 cm³/mol. The first-order valence-electron chi connectivity index (χ1n) is 6.51. The van der Waals surface area contributed by atoms with Crippen LogP contribution < -0.4 is 5.32 Å². The maximum absolute atomic E-state index is 3.66. The Balaban J connectivity index is 2.33. The van der Waals surface area contributed by atoms with E-state index in [9.17, 15) is 0 Å². The number of fused-ring (bicyclic) bond motifs is 3. The molecule has 2 nitrogen and oxygen atoms in total. The maximum Gasteiger partial charge on any atom is 0.0532 e. The first-order valence-corrected chi connectivity index (χ1v) is 6.51. The quantitative estimate of drug-likeness (QED) is 0.771. The van der Waals surface area contributed by atoms with Crippen molar-refractivity contribution in [3.8, 4) is 0 Å². The topological polar surface area (TPSA) is 27.8 Å². The Labute approximate surface area is 102 Å². The van der Waals surface area contributed by atoms with Gasteiger partial charge in [0.25, 0.3) is 0 Å². The third kappa shape index (κ3) is 1.51. The number of para-hydroxylation sites is 1. The number of rotatable bonds is 1. The van der Waals surface area contributed by atoms with Crippen LogP contribution in [-0.4, -0.2) is 11.5 Å². The fraction of sp³-hybridized carbons (Fsp3) is 0.467. The molecule has 2 heterocycles. The van der Waals surface area contributed by atoms with E-state index in [0.29, 0.717) is 0 Å². The van der Waals surface area contributed by atoms with E-state index >= 15 is 0 Å².